The van der Waals surface area contributed by atoms with Crippen LogP contribution in [0.1, 0.15) is 86.1 Å². The number of allylic oxidation sites excluding steroid dienone is 2. The standard InChI is InChI=1S/C44H34F10N2O2S2/c1-3-5-7-9-15-57-27-19-24(18-26(22-56)30-12-14-32(60-30)34-37(47)41(51)44(54)42(52)38(34)48)28(58-16-10-8-6-4-2)20-23(27)17-25(21-55)29-11-13-31(59-29)33-35(45)39(49)43(53)40(50)36(33)46/h11-14,17-20H,3-10,15-16H2,1-2H3/b25-17+,26-18+. The summed E-state index contributed by atoms with van der Waals surface area (Å²) in [6.45, 7) is 4.49. The van der Waals surface area contributed by atoms with E-state index in [0.29, 0.717) is 35.5 Å². The van der Waals surface area contributed by atoms with Crippen molar-refractivity contribution < 1.29 is 53.4 Å². The summed E-state index contributed by atoms with van der Waals surface area (Å²) in [4.78, 5) is -0.427. The van der Waals surface area contributed by atoms with E-state index in [9.17, 15) is 54.4 Å². The summed E-state index contributed by atoms with van der Waals surface area (Å²) in [5.41, 5.74) is -1.86. The topological polar surface area (TPSA) is 66.0 Å². The molecule has 60 heavy (non-hydrogen) atoms. The van der Waals surface area contributed by atoms with Gasteiger partial charge in [-0.3, -0.25) is 0 Å². The van der Waals surface area contributed by atoms with Gasteiger partial charge >= 0.3 is 0 Å². The van der Waals surface area contributed by atoms with Crippen molar-refractivity contribution in [2.45, 2.75) is 65.2 Å². The molecule has 0 radical (unpaired) electrons. The third kappa shape index (κ3) is 9.88. The number of unbranched alkanes of at least 4 members (excludes halogenated alkanes) is 6. The van der Waals surface area contributed by atoms with Gasteiger partial charge in [-0.05, 0) is 61.4 Å². The van der Waals surface area contributed by atoms with Gasteiger partial charge in [-0.15, -0.1) is 22.7 Å². The number of nitriles is 2. The first kappa shape index (κ1) is 45.5. The van der Waals surface area contributed by atoms with Gasteiger partial charge in [0.15, 0.2) is 46.5 Å². The number of thiophene rings is 2. The second-order valence-electron chi connectivity index (χ2n) is 13.3. The van der Waals surface area contributed by atoms with Crippen LogP contribution in [0.2, 0.25) is 0 Å². The highest BCUT2D eigenvalue weighted by Crippen LogP contribution is 2.42. The summed E-state index contributed by atoms with van der Waals surface area (Å²) >= 11 is 1.23. The minimum Gasteiger partial charge on any atom is -0.493 e. The van der Waals surface area contributed by atoms with Crippen LogP contribution in [0, 0.1) is 80.8 Å². The van der Waals surface area contributed by atoms with Crippen molar-refractivity contribution in [2.75, 3.05) is 13.2 Å². The Hall–Kier alpha value is -5.58. The maximum absolute atomic E-state index is 14.7. The van der Waals surface area contributed by atoms with Crippen LogP contribution in [0.3, 0.4) is 0 Å². The zero-order valence-corrected chi connectivity index (χ0v) is 33.6. The number of benzene rings is 3. The highest BCUT2D eigenvalue weighted by atomic mass is 32.1. The van der Waals surface area contributed by atoms with Gasteiger partial charge in [-0.1, -0.05) is 52.4 Å². The van der Waals surface area contributed by atoms with E-state index in [0.717, 1.165) is 50.7 Å². The van der Waals surface area contributed by atoms with Crippen LogP contribution < -0.4 is 9.47 Å². The first-order valence-corrected chi connectivity index (χ1v) is 20.3. The number of hydrogen-bond acceptors (Lipinski definition) is 6. The maximum atomic E-state index is 14.7. The molecule has 0 amide bonds. The molecule has 0 saturated heterocycles. The number of nitrogens with zero attached hydrogens (tertiary/aromatic N) is 2. The summed E-state index contributed by atoms with van der Waals surface area (Å²) in [6, 6.07) is 11.9. The molecule has 3 aromatic carbocycles. The fraction of sp³-hybridized carbons (Fsp3) is 0.273. The van der Waals surface area contributed by atoms with Crippen LogP contribution in [-0.4, -0.2) is 13.2 Å². The van der Waals surface area contributed by atoms with E-state index >= 15 is 0 Å². The predicted octanol–water partition coefficient (Wildman–Crippen LogP) is 14.6. The number of hydrogen-bond donors (Lipinski definition) is 0. The fourth-order valence-corrected chi connectivity index (χ4v) is 8.00. The summed E-state index contributed by atoms with van der Waals surface area (Å²) in [5, 5.41) is 20.5. The monoisotopic (exact) mass is 876 g/mol. The highest BCUT2D eigenvalue weighted by Gasteiger charge is 2.29. The van der Waals surface area contributed by atoms with Crippen molar-refractivity contribution in [1.82, 2.24) is 0 Å². The Bertz CT molecular complexity index is 2300. The van der Waals surface area contributed by atoms with E-state index < -0.39 is 69.3 Å². The molecule has 2 aromatic heterocycles. The lowest BCUT2D eigenvalue weighted by Crippen LogP contribution is -2.03. The van der Waals surface area contributed by atoms with Gasteiger partial charge in [0.05, 0.1) is 35.5 Å². The van der Waals surface area contributed by atoms with Crippen LogP contribution in [0.4, 0.5) is 43.9 Å². The smallest absolute Gasteiger partial charge is 0.200 e. The van der Waals surface area contributed by atoms with E-state index in [4.69, 9.17) is 9.47 Å². The average Bonchev–Trinajstić information content (AvgIpc) is 3.93. The molecule has 2 heterocycles. The largest absolute Gasteiger partial charge is 0.493 e. The molecule has 0 bridgehead atoms. The number of halogens is 10. The number of ether oxygens (including phenoxy) is 2. The second kappa shape index (κ2) is 20.6. The van der Waals surface area contributed by atoms with Crippen LogP contribution in [0.15, 0.2) is 36.4 Å². The Morgan fingerprint density at radius 1 is 0.500 bits per heavy atom. The molecule has 0 atom stereocenters. The van der Waals surface area contributed by atoms with E-state index in [1.54, 1.807) is 0 Å². The molecule has 5 aromatic rings. The second-order valence-corrected chi connectivity index (χ2v) is 15.5. The molecule has 16 heteroatoms. The minimum absolute atomic E-state index is 0.0693. The van der Waals surface area contributed by atoms with Gasteiger partial charge in [-0.25, -0.2) is 43.9 Å². The first-order chi connectivity index (χ1) is 28.8. The third-order valence-electron chi connectivity index (χ3n) is 9.15. The Labute approximate surface area is 347 Å². The van der Waals surface area contributed by atoms with E-state index in [1.807, 2.05) is 26.0 Å². The van der Waals surface area contributed by atoms with Crippen LogP contribution in [-0.2, 0) is 0 Å². The van der Waals surface area contributed by atoms with Crippen molar-refractivity contribution in [2.24, 2.45) is 0 Å². The molecule has 0 unspecified atom stereocenters. The van der Waals surface area contributed by atoms with Crippen LogP contribution >= 0.6 is 22.7 Å². The normalized spacial score (nSPS) is 11.8. The molecule has 0 aliphatic heterocycles. The Morgan fingerprint density at radius 2 is 0.833 bits per heavy atom. The van der Waals surface area contributed by atoms with Crippen molar-refractivity contribution in [1.29, 1.82) is 10.5 Å². The molecule has 0 fully saturated rings. The molecule has 0 aliphatic carbocycles. The highest BCUT2D eigenvalue weighted by molar-refractivity contribution is 7.17. The molecule has 4 nitrogen and oxygen atoms in total. The van der Waals surface area contributed by atoms with E-state index in [2.05, 4.69) is 0 Å². The molecule has 5 rings (SSSR count). The van der Waals surface area contributed by atoms with E-state index in [1.165, 1.54) is 36.4 Å². The molecular formula is C44H34F10N2O2S2. The van der Waals surface area contributed by atoms with Crippen LogP contribution in [0.25, 0.3) is 44.2 Å². The lowest BCUT2D eigenvalue weighted by atomic mass is 10.0. The molecule has 0 N–H and O–H groups in total. The molecule has 0 spiro atoms. The van der Waals surface area contributed by atoms with Gasteiger partial charge in [0, 0.05) is 30.6 Å². The van der Waals surface area contributed by atoms with Gasteiger partial charge in [0.25, 0.3) is 0 Å². The first-order valence-electron chi connectivity index (χ1n) is 18.7. The van der Waals surface area contributed by atoms with Gasteiger partial charge in [0.2, 0.25) is 11.6 Å². The number of rotatable bonds is 18. The van der Waals surface area contributed by atoms with Crippen molar-refractivity contribution >= 4 is 46.0 Å². The van der Waals surface area contributed by atoms with Gasteiger partial charge < -0.3 is 9.47 Å². The van der Waals surface area contributed by atoms with Crippen molar-refractivity contribution in [3.05, 3.63) is 115 Å². The average molecular weight is 877 g/mol. The fourth-order valence-electron chi connectivity index (χ4n) is 5.99. The lowest BCUT2D eigenvalue weighted by Gasteiger charge is -2.16. The SMILES string of the molecule is CCCCCCOc1cc(/C=C(\C#N)c2ccc(-c3c(F)c(F)c(F)c(F)c3F)s2)c(OCCCCCC)cc1/C=C(\C#N)c1ccc(-c2c(F)c(F)c(F)c(F)c2F)s1. The maximum Gasteiger partial charge on any atom is 0.200 e. The zero-order valence-electron chi connectivity index (χ0n) is 32.0. The lowest BCUT2D eigenvalue weighted by molar-refractivity contribution is 0.296. The van der Waals surface area contributed by atoms with E-state index in [-0.39, 0.29) is 66.5 Å². The van der Waals surface area contributed by atoms with Gasteiger partial charge in [-0.2, -0.15) is 10.5 Å². The Kier molecular flexibility index (Phi) is 15.6. The summed E-state index contributed by atoms with van der Waals surface area (Å²) in [5.74, 6) is -20.8. The molecular weight excluding hydrogens is 843 g/mol. The van der Waals surface area contributed by atoms with Crippen molar-refractivity contribution in [3.63, 3.8) is 0 Å². The van der Waals surface area contributed by atoms with Crippen LogP contribution in [0.5, 0.6) is 11.5 Å². The molecule has 0 aliphatic rings. The quantitative estimate of drug-likeness (QED) is 0.0289. The third-order valence-corrected chi connectivity index (χ3v) is 11.4. The Balaban J connectivity index is 1.63. The molecule has 0 saturated carbocycles. The zero-order chi connectivity index (χ0) is 43.7. The Morgan fingerprint density at radius 3 is 1.15 bits per heavy atom. The molecule has 314 valence electrons. The summed E-state index contributed by atoms with van der Waals surface area (Å²) < 4.78 is 155. The summed E-state index contributed by atoms with van der Waals surface area (Å²) in [6.07, 6.45) is 9.46. The van der Waals surface area contributed by atoms with Gasteiger partial charge in [0.1, 0.15) is 23.6 Å². The minimum atomic E-state index is -2.31. The summed E-state index contributed by atoms with van der Waals surface area (Å²) in [7, 11) is 0. The van der Waals surface area contributed by atoms with Crippen molar-refractivity contribution in [3.8, 4) is 44.5 Å². The predicted molar refractivity (Wildman–Crippen MR) is 212 cm³/mol.